The lowest BCUT2D eigenvalue weighted by molar-refractivity contribution is -0.127. The Morgan fingerprint density at radius 1 is 1.62 bits per heavy atom. The molecule has 0 aromatic heterocycles. The predicted molar refractivity (Wildman–Crippen MR) is 46.7 cm³/mol. The van der Waals surface area contributed by atoms with Gasteiger partial charge in [0.15, 0.2) is 0 Å². The van der Waals surface area contributed by atoms with Crippen LogP contribution in [0.15, 0.2) is 0 Å². The summed E-state index contributed by atoms with van der Waals surface area (Å²) in [4.78, 5) is 10.7. The minimum absolute atomic E-state index is 0.0103. The van der Waals surface area contributed by atoms with Crippen molar-refractivity contribution < 1.29 is 14.3 Å². The molecule has 1 heterocycles. The first-order valence-electron chi connectivity index (χ1n) is 4.51. The van der Waals surface area contributed by atoms with E-state index in [9.17, 15) is 4.79 Å². The van der Waals surface area contributed by atoms with Gasteiger partial charge in [0.05, 0.1) is 12.7 Å². The molecule has 0 aromatic carbocycles. The molecular formula is C8H16N2O3. The summed E-state index contributed by atoms with van der Waals surface area (Å²) in [6, 6.07) is 0. The third kappa shape index (κ3) is 4.21. The fourth-order valence-corrected chi connectivity index (χ4v) is 1.26. The number of rotatable bonds is 4. The molecule has 1 aliphatic heterocycles. The van der Waals surface area contributed by atoms with Crippen molar-refractivity contribution in [2.45, 2.75) is 25.4 Å². The predicted octanol–water partition coefficient (Wildman–Crippen LogP) is -0.438. The zero-order valence-electron chi connectivity index (χ0n) is 7.62. The van der Waals surface area contributed by atoms with Gasteiger partial charge in [-0.25, -0.2) is 5.84 Å². The number of carbonyl (C=O) groups is 1. The van der Waals surface area contributed by atoms with E-state index >= 15 is 0 Å². The maximum atomic E-state index is 10.7. The largest absolute Gasteiger partial charge is 0.376 e. The number of ether oxygens (including phenoxy) is 2. The Morgan fingerprint density at radius 2 is 2.46 bits per heavy atom. The summed E-state index contributed by atoms with van der Waals surface area (Å²) < 4.78 is 10.5. The van der Waals surface area contributed by atoms with E-state index in [1.54, 1.807) is 0 Å². The lowest BCUT2D eigenvalue weighted by Crippen LogP contribution is -2.34. The maximum Gasteiger partial charge on any atom is 0.259 e. The van der Waals surface area contributed by atoms with Crippen LogP contribution in [-0.4, -0.2) is 31.8 Å². The van der Waals surface area contributed by atoms with E-state index in [2.05, 4.69) is 0 Å². The second kappa shape index (κ2) is 5.90. The monoisotopic (exact) mass is 188 g/mol. The highest BCUT2D eigenvalue weighted by atomic mass is 16.5. The Labute approximate surface area is 77.5 Å². The summed E-state index contributed by atoms with van der Waals surface area (Å²) in [5.41, 5.74) is 2.00. The number of nitrogens with two attached hydrogens (primary N) is 1. The van der Waals surface area contributed by atoms with Crippen molar-refractivity contribution in [2.24, 2.45) is 5.84 Å². The fraction of sp³-hybridized carbons (Fsp3) is 0.875. The van der Waals surface area contributed by atoms with E-state index in [1.165, 1.54) is 6.42 Å². The van der Waals surface area contributed by atoms with Crippen LogP contribution < -0.4 is 11.3 Å². The molecule has 1 aliphatic rings. The molecule has 0 aliphatic carbocycles. The Kier molecular flexibility index (Phi) is 4.74. The summed E-state index contributed by atoms with van der Waals surface area (Å²) >= 11 is 0. The first-order valence-corrected chi connectivity index (χ1v) is 4.51. The van der Waals surface area contributed by atoms with Gasteiger partial charge in [-0.1, -0.05) is 0 Å². The summed E-state index contributed by atoms with van der Waals surface area (Å²) in [6.45, 7) is 1.29. The van der Waals surface area contributed by atoms with Gasteiger partial charge in [-0.3, -0.25) is 10.2 Å². The van der Waals surface area contributed by atoms with Crippen molar-refractivity contribution in [3.8, 4) is 0 Å². The third-order valence-corrected chi connectivity index (χ3v) is 1.97. The van der Waals surface area contributed by atoms with Crippen molar-refractivity contribution in [1.29, 1.82) is 0 Å². The highest BCUT2D eigenvalue weighted by Crippen LogP contribution is 2.12. The van der Waals surface area contributed by atoms with Crippen molar-refractivity contribution in [3.63, 3.8) is 0 Å². The first-order chi connectivity index (χ1) is 6.33. The number of hydrogen-bond donors (Lipinski definition) is 2. The van der Waals surface area contributed by atoms with Crippen LogP contribution in [0.1, 0.15) is 19.3 Å². The van der Waals surface area contributed by atoms with Gasteiger partial charge < -0.3 is 9.47 Å². The Hall–Kier alpha value is -0.650. The summed E-state index contributed by atoms with van der Waals surface area (Å²) in [5, 5.41) is 0. The van der Waals surface area contributed by atoms with Crippen molar-refractivity contribution in [1.82, 2.24) is 5.43 Å². The molecule has 0 aromatic rings. The van der Waals surface area contributed by atoms with Gasteiger partial charge in [-0.15, -0.1) is 0 Å². The normalized spacial score (nSPS) is 22.7. The molecule has 1 atom stereocenters. The molecule has 3 N–H and O–H groups in total. The molecule has 1 unspecified atom stereocenters. The van der Waals surface area contributed by atoms with Crippen LogP contribution in [0.3, 0.4) is 0 Å². The van der Waals surface area contributed by atoms with E-state index in [1.807, 2.05) is 5.43 Å². The number of hydrazine groups is 1. The van der Waals surface area contributed by atoms with Gasteiger partial charge in [-0.05, 0) is 19.3 Å². The van der Waals surface area contributed by atoms with Crippen molar-refractivity contribution >= 4 is 5.91 Å². The number of carbonyl (C=O) groups excluding carboxylic acids is 1. The van der Waals surface area contributed by atoms with Crippen molar-refractivity contribution in [3.05, 3.63) is 0 Å². The Bertz CT molecular complexity index is 157. The van der Waals surface area contributed by atoms with Crippen LogP contribution in [0.4, 0.5) is 0 Å². The molecule has 0 saturated carbocycles. The van der Waals surface area contributed by atoms with Gasteiger partial charge in [0.25, 0.3) is 5.91 Å². The van der Waals surface area contributed by atoms with Crippen LogP contribution >= 0.6 is 0 Å². The van der Waals surface area contributed by atoms with E-state index < -0.39 is 0 Å². The van der Waals surface area contributed by atoms with Crippen LogP contribution in [0.25, 0.3) is 0 Å². The molecule has 0 bridgehead atoms. The van der Waals surface area contributed by atoms with Crippen LogP contribution in [0, 0.1) is 0 Å². The van der Waals surface area contributed by atoms with Crippen molar-refractivity contribution in [2.75, 3.05) is 19.8 Å². The number of nitrogens with one attached hydrogen (secondary N) is 1. The molecule has 5 heteroatoms. The molecule has 1 amide bonds. The lowest BCUT2D eigenvalue weighted by atomic mass is 10.1. The number of hydrogen-bond acceptors (Lipinski definition) is 4. The van der Waals surface area contributed by atoms with Gasteiger partial charge >= 0.3 is 0 Å². The summed E-state index contributed by atoms with van der Waals surface area (Å²) in [5.74, 6) is 4.57. The average Bonchev–Trinajstić information content (AvgIpc) is 2.19. The average molecular weight is 188 g/mol. The molecular weight excluding hydrogens is 172 g/mol. The smallest absolute Gasteiger partial charge is 0.259 e. The van der Waals surface area contributed by atoms with Crippen LogP contribution in [0.5, 0.6) is 0 Å². The van der Waals surface area contributed by atoms with Gasteiger partial charge in [-0.2, -0.15) is 0 Å². The summed E-state index contributed by atoms with van der Waals surface area (Å²) in [7, 11) is 0. The lowest BCUT2D eigenvalue weighted by Gasteiger charge is -2.21. The zero-order chi connectivity index (χ0) is 9.52. The number of amides is 1. The van der Waals surface area contributed by atoms with Gasteiger partial charge in [0.1, 0.15) is 6.61 Å². The zero-order valence-corrected chi connectivity index (χ0v) is 7.62. The fourth-order valence-electron chi connectivity index (χ4n) is 1.26. The highest BCUT2D eigenvalue weighted by Gasteiger charge is 2.13. The molecule has 0 radical (unpaired) electrons. The summed E-state index contributed by atoms with van der Waals surface area (Å²) in [6.07, 6.45) is 3.47. The molecule has 76 valence electrons. The molecule has 1 fully saturated rings. The van der Waals surface area contributed by atoms with E-state index in [-0.39, 0.29) is 18.6 Å². The van der Waals surface area contributed by atoms with E-state index in [4.69, 9.17) is 15.3 Å². The SMILES string of the molecule is NNC(=O)COCC1CCCCO1. The topological polar surface area (TPSA) is 73.6 Å². The Morgan fingerprint density at radius 3 is 3.08 bits per heavy atom. The first kappa shape index (κ1) is 10.4. The van der Waals surface area contributed by atoms with Gasteiger partial charge in [0, 0.05) is 6.61 Å². The van der Waals surface area contributed by atoms with Gasteiger partial charge in [0.2, 0.25) is 0 Å². The highest BCUT2D eigenvalue weighted by molar-refractivity contribution is 5.76. The Balaban J connectivity index is 2.01. The standard InChI is InChI=1S/C8H16N2O3/c9-10-8(11)6-12-5-7-3-1-2-4-13-7/h7H,1-6,9H2,(H,10,11). The molecule has 1 rings (SSSR count). The molecule has 0 spiro atoms. The molecule has 1 saturated heterocycles. The third-order valence-electron chi connectivity index (χ3n) is 1.97. The van der Waals surface area contributed by atoms with Crippen LogP contribution in [-0.2, 0) is 14.3 Å². The second-order valence-electron chi connectivity index (χ2n) is 3.07. The minimum Gasteiger partial charge on any atom is -0.376 e. The molecule has 5 nitrogen and oxygen atoms in total. The maximum absolute atomic E-state index is 10.7. The quantitative estimate of drug-likeness (QED) is 0.356. The molecule has 13 heavy (non-hydrogen) atoms. The van der Waals surface area contributed by atoms with E-state index in [0.29, 0.717) is 6.61 Å². The van der Waals surface area contributed by atoms with E-state index in [0.717, 1.165) is 19.4 Å². The van der Waals surface area contributed by atoms with Crippen LogP contribution in [0.2, 0.25) is 0 Å². The second-order valence-corrected chi connectivity index (χ2v) is 3.07. The minimum atomic E-state index is -0.309.